The zero-order valence-corrected chi connectivity index (χ0v) is 22.5. The average Bonchev–Trinajstić information content (AvgIpc) is 3.55. The van der Waals surface area contributed by atoms with Crippen molar-refractivity contribution in [1.82, 2.24) is 9.88 Å². The predicted octanol–water partition coefficient (Wildman–Crippen LogP) is 4.98. The molecule has 2 aromatic carbocycles. The highest BCUT2D eigenvalue weighted by molar-refractivity contribution is 5.83. The Morgan fingerprint density at radius 3 is 2.65 bits per heavy atom. The van der Waals surface area contributed by atoms with E-state index in [1.165, 1.54) is 18.2 Å². The van der Waals surface area contributed by atoms with Crippen LogP contribution in [0.15, 0.2) is 34.7 Å². The fraction of sp³-hybridized carbons (Fsp3) is 0.483. The Bertz CT molecular complexity index is 1390. The maximum absolute atomic E-state index is 15.4. The lowest BCUT2D eigenvalue weighted by Crippen LogP contribution is -2.45. The molecule has 0 bridgehead atoms. The predicted molar refractivity (Wildman–Crippen MR) is 142 cm³/mol. The van der Waals surface area contributed by atoms with Gasteiger partial charge in [0.15, 0.2) is 11.4 Å². The molecular formula is C29H33F2N3O6. The maximum atomic E-state index is 15.4. The Morgan fingerprint density at radius 1 is 1.15 bits per heavy atom. The zero-order valence-electron chi connectivity index (χ0n) is 22.5. The zero-order chi connectivity index (χ0) is 28.4. The second-order valence-electron chi connectivity index (χ2n) is 10.5. The average molecular weight is 558 g/mol. The number of carboxylic acid groups (broad SMARTS) is 1. The summed E-state index contributed by atoms with van der Waals surface area (Å²) in [4.78, 5) is 30.5. The molecule has 40 heavy (non-hydrogen) atoms. The summed E-state index contributed by atoms with van der Waals surface area (Å²) in [7, 11) is 1.60. The SMILES string of the molecule is CO[C@H]1CCN(C(=O)Cc2ccc3nc(Nc4cc(F)ccc4C)oc3c2F)[C@@H]1COC1CCC(C(=O)O)CC1. The minimum atomic E-state index is -0.768. The largest absolute Gasteiger partial charge is 0.481 e. The molecule has 1 saturated heterocycles. The molecule has 1 aromatic heterocycles. The molecule has 9 nitrogen and oxygen atoms in total. The third-order valence-electron chi connectivity index (χ3n) is 7.99. The first kappa shape index (κ1) is 28.0. The number of aromatic nitrogens is 1. The number of carboxylic acids is 1. The first-order chi connectivity index (χ1) is 19.2. The van der Waals surface area contributed by atoms with E-state index >= 15 is 4.39 Å². The number of anilines is 2. The van der Waals surface area contributed by atoms with Gasteiger partial charge in [-0.25, -0.2) is 8.78 Å². The number of likely N-dealkylation sites (tertiary alicyclic amines) is 1. The molecule has 2 fully saturated rings. The van der Waals surface area contributed by atoms with Gasteiger partial charge >= 0.3 is 5.97 Å². The lowest BCUT2D eigenvalue weighted by Gasteiger charge is -2.31. The third-order valence-corrected chi connectivity index (χ3v) is 7.99. The van der Waals surface area contributed by atoms with Gasteiger partial charge in [-0.1, -0.05) is 12.1 Å². The second-order valence-corrected chi connectivity index (χ2v) is 10.5. The molecule has 214 valence electrons. The quantitative estimate of drug-likeness (QED) is 0.379. The van der Waals surface area contributed by atoms with Crippen LogP contribution >= 0.6 is 0 Å². The molecular weight excluding hydrogens is 524 g/mol. The van der Waals surface area contributed by atoms with Crippen molar-refractivity contribution in [2.75, 3.05) is 25.6 Å². The van der Waals surface area contributed by atoms with Crippen LogP contribution in [0.1, 0.15) is 43.2 Å². The Kier molecular flexibility index (Phi) is 8.32. The number of rotatable bonds is 9. The molecule has 3 aromatic rings. The van der Waals surface area contributed by atoms with E-state index < -0.39 is 17.6 Å². The van der Waals surface area contributed by atoms with E-state index in [4.69, 9.17) is 13.9 Å². The van der Waals surface area contributed by atoms with Crippen LogP contribution in [0, 0.1) is 24.5 Å². The molecule has 1 aliphatic heterocycles. The summed E-state index contributed by atoms with van der Waals surface area (Å²) in [6.45, 7) is 2.53. The van der Waals surface area contributed by atoms with Gasteiger partial charge in [-0.15, -0.1) is 0 Å². The number of aliphatic carboxylic acids is 1. The normalized spacial score (nSPS) is 23.1. The topological polar surface area (TPSA) is 114 Å². The van der Waals surface area contributed by atoms with E-state index in [0.717, 1.165) is 5.56 Å². The maximum Gasteiger partial charge on any atom is 0.306 e. The van der Waals surface area contributed by atoms with E-state index in [9.17, 15) is 19.1 Å². The van der Waals surface area contributed by atoms with Crippen LogP contribution < -0.4 is 5.32 Å². The van der Waals surface area contributed by atoms with Crippen molar-refractivity contribution in [3.05, 3.63) is 53.1 Å². The van der Waals surface area contributed by atoms with Crippen LogP contribution in [-0.2, 0) is 25.5 Å². The van der Waals surface area contributed by atoms with Gasteiger partial charge in [0.25, 0.3) is 6.01 Å². The summed E-state index contributed by atoms with van der Waals surface area (Å²) in [6, 6.07) is 7.05. The van der Waals surface area contributed by atoms with Gasteiger partial charge in [0, 0.05) is 24.9 Å². The van der Waals surface area contributed by atoms with Gasteiger partial charge in [-0.3, -0.25) is 9.59 Å². The molecule has 5 rings (SSSR count). The fourth-order valence-electron chi connectivity index (χ4n) is 5.62. The van der Waals surface area contributed by atoms with Crippen molar-refractivity contribution in [1.29, 1.82) is 0 Å². The number of methoxy groups -OCH3 is 1. The summed E-state index contributed by atoms with van der Waals surface area (Å²) in [5.74, 6) is -2.45. The summed E-state index contributed by atoms with van der Waals surface area (Å²) < 4.78 is 46.4. The van der Waals surface area contributed by atoms with Crippen LogP contribution in [0.25, 0.3) is 11.1 Å². The Labute approximate surface area is 230 Å². The summed E-state index contributed by atoms with van der Waals surface area (Å²) in [6.07, 6.45) is 2.66. The van der Waals surface area contributed by atoms with Crippen LogP contribution in [-0.4, -0.2) is 65.4 Å². The molecule has 0 unspecified atom stereocenters. The number of ether oxygens (including phenoxy) is 2. The fourth-order valence-corrected chi connectivity index (χ4v) is 5.62. The summed E-state index contributed by atoms with van der Waals surface area (Å²) >= 11 is 0. The molecule has 2 N–H and O–H groups in total. The molecule has 1 amide bonds. The smallest absolute Gasteiger partial charge is 0.306 e. The number of fused-ring (bicyclic) bond motifs is 1. The van der Waals surface area contributed by atoms with Crippen LogP contribution in [0.4, 0.5) is 20.5 Å². The van der Waals surface area contributed by atoms with Gasteiger partial charge in [0.2, 0.25) is 5.91 Å². The van der Waals surface area contributed by atoms with E-state index in [0.29, 0.717) is 44.3 Å². The van der Waals surface area contributed by atoms with E-state index in [-0.39, 0.29) is 65.8 Å². The van der Waals surface area contributed by atoms with Crippen LogP contribution in [0.3, 0.4) is 0 Å². The molecule has 1 aliphatic carbocycles. The molecule has 1 saturated carbocycles. The minimum absolute atomic E-state index is 0.0168. The minimum Gasteiger partial charge on any atom is -0.481 e. The number of amides is 1. The van der Waals surface area contributed by atoms with Gasteiger partial charge < -0.3 is 29.2 Å². The molecule has 11 heteroatoms. The number of hydrogen-bond acceptors (Lipinski definition) is 7. The number of carbonyl (C=O) groups excluding carboxylic acids is 1. The number of oxazole rings is 1. The van der Waals surface area contributed by atoms with Crippen molar-refractivity contribution in [3.8, 4) is 0 Å². The molecule has 0 radical (unpaired) electrons. The molecule has 2 atom stereocenters. The van der Waals surface area contributed by atoms with Gasteiger partial charge in [-0.05, 0) is 62.8 Å². The van der Waals surface area contributed by atoms with Crippen molar-refractivity contribution in [3.63, 3.8) is 0 Å². The van der Waals surface area contributed by atoms with Crippen LogP contribution in [0.5, 0.6) is 0 Å². The number of carbonyl (C=O) groups is 2. The summed E-state index contributed by atoms with van der Waals surface area (Å²) in [5, 5.41) is 12.1. The van der Waals surface area contributed by atoms with E-state index in [1.807, 2.05) is 0 Å². The third kappa shape index (κ3) is 5.95. The highest BCUT2D eigenvalue weighted by Crippen LogP contribution is 2.30. The molecule has 0 spiro atoms. The Hall–Kier alpha value is -3.57. The van der Waals surface area contributed by atoms with Crippen molar-refractivity contribution in [2.45, 2.75) is 63.7 Å². The van der Waals surface area contributed by atoms with Gasteiger partial charge in [0.1, 0.15) is 11.3 Å². The number of hydrogen-bond donors (Lipinski definition) is 2. The molecule has 2 heterocycles. The van der Waals surface area contributed by atoms with Gasteiger partial charge in [-0.2, -0.15) is 4.98 Å². The highest BCUT2D eigenvalue weighted by Gasteiger charge is 2.38. The molecule has 2 aliphatic rings. The summed E-state index contributed by atoms with van der Waals surface area (Å²) in [5.41, 5.74) is 1.58. The first-order valence-electron chi connectivity index (χ1n) is 13.5. The standard InChI is InChI=1S/C29H33F2N3O6/c1-16-3-7-19(30)14-22(16)33-29-32-21-10-6-18(26(31)27(21)40-29)13-25(35)34-12-11-24(38-2)23(34)15-39-20-8-4-17(5-9-20)28(36)37/h3,6-7,10,14,17,20,23-24H,4-5,8-9,11-13,15H2,1-2H3,(H,32,33)(H,36,37)/t17?,20?,23-,24+/m1/s1. The number of benzene rings is 2. The second kappa shape index (κ2) is 11.9. The van der Waals surface area contributed by atoms with Crippen molar-refractivity contribution < 1.29 is 37.4 Å². The first-order valence-corrected chi connectivity index (χ1v) is 13.5. The lowest BCUT2D eigenvalue weighted by molar-refractivity contribution is -0.144. The van der Waals surface area contributed by atoms with Crippen LogP contribution in [0.2, 0.25) is 0 Å². The van der Waals surface area contributed by atoms with E-state index in [2.05, 4.69) is 10.3 Å². The highest BCUT2D eigenvalue weighted by atomic mass is 19.1. The lowest BCUT2D eigenvalue weighted by atomic mass is 9.87. The number of nitrogens with zero attached hydrogens (tertiary/aromatic N) is 2. The number of halogens is 2. The number of aryl methyl sites for hydroxylation is 1. The van der Waals surface area contributed by atoms with E-state index in [1.54, 1.807) is 31.1 Å². The van der Waals surface area contributed by atoms with Gasteiger partial charge in [0.05, 0.1) is 37.2 Å². The van der Waals surface area contributed by atoms with Crippen molar-refractivity contribution >= 4 is 34.7 Å². The monoisotopic (exact) mass is 557 g/mol. The van der Waals surface area contributed by atoms with Crippen molar-refractivity contribution in [2.24, 2.45) is 5.92 Å². The number of nitrogens with one attached hydrogen (secondary N) is 1. The Morgan fingerprint density at radius 2 is 1.93 bits per heavy atom. The Balaban J connectivity index is 1.25.